The van der Waals surface area contributed by atoms with E-state index in [4.69, 9.17) is 4.42 Å². The van der Waals surface area contributed by atoms with Gasteiger partial charge in [0.25, 0.3) is 0 Å². The Morgan fingerprint density at radius 3 is 2.42 bits per heavy atom. The summed E-state index contributed by atoms with van der Waals surface area (Å²) in [5.74, 6) is 0. The molecule has 3 rings (SSSR count). The Hall–Kier alpha value is -1.87. The molecule has 0 unspecified atom stereocenters. The molecule has 0 saturated heterocycles. The van der Waals surface area contributed by atoms with Gasteiger partial charge in [0, 0.05) is 10.9 Å². The van der Waals surface area contributed by atoms with E-state index < -0.39 is 0 Å². The molecule has 2 aromatic carbocycles. The fraction of sp³-hybridized carbons (Fsp3) is 0.0625. The molecule has 0 fully saturated rings. The first-order chi connectivity index (χ1) is 9.16. The summed E-state index contributed by atoms with van der Waals surface area (Å²) in [4.78, 5) is 11.9. The topological polar surface area (TPSA) is 30.2 Å². The van der Waals surface area contributed by atoms with Crippen molar-refractivity contribution in [3.63, 3.8) is 0 Å². The summed E-state index contributed by atoms with van der Waals surface area (Å²) in [5, 5.41) is 0.929. The molecule has 0 amide bonds. The zero-order chi connectivity index (χ0) is 13.4. The Morgan fingerprint density at radius 2 is 1.68 bits per heavy atom. The average molecular weight is 315 g/mol. The van der Waals surface area contributed by atoms with Gasteiger partial charge in [0.15, 0.2) is 0 Å². The molecule has 0 aliphatic rings. The number of benzene rings is 2. The molecule has 1 heterocycles. The zero-order valence-electron chi connectivity index (χ0n) is 10.3. The van der Waals surface area contributed by atoms with Gasteiger partial charge in [-0.15, -0.1) is 0 Å². The monoisotopic (exact) mass is 314 g/mol. The van der Waals surface area contributed by atoms with E-state index in [9.17, 15) is 4.79 Å². The van der Waals surface area contributed by atoms with Gasteiger partial charge in [-0.1, -0.05) is 48.0 Å². The van der Waals surface area contributed by atoms with Crippen molar-refractivity contribution in [2.75, 3.05) is 0 Å². The van der Waals surface area contributed by atoms with Crippen molar-refractivity contribution in [1.82, 2.24) is 0 Å². The number of rotatable bonds is 1. The first-order valence-electron chi connectivity index (χ1n) is 5.95. The van der Waals surface area contributed by atoms with E-state index in [-0.39, 0.29) is 5.63 Å². The lowest BCUT2D eigenvalue weighted by Gasteiger charge is -2.08. The molecule has 0 saturated carbocycles. The number of hydrogen-bond donors (Lipinski definition) is 0. The normalized spacial score (nSPS) is 10.8. The van der Waals surface area contributed by atoms with Crippen molar-refractivity contribution in [3.05, 3.63) is 69.0 Å². The Labute approximate surface area is 118 Å². The van der Waals surface area contributed by atoms with Gasteiger partial charge < -0.3 is 4.42 Å². The predicted molar refractivity (Wildman–Crippen MR) is 80.4 cm³/mol. The standard InChI is InChI=1S/C16H11BrO2/c1-10-6-8-11(9-7-10)14-12-4-2-3-5-13(12)19-16(18)15(14)17/h2-9H,1H3. The SMILES string of the molecule is Cc1ccc(-c2c(Br)c(=O)oc3ccccc23)cc1. The third kappa shape index (κ3) is 2.10. The minimum atomic E-state index is -0.353. The number of fused-ring (bicyclic) bond motifs is 1. The molecule has 0 aliphatic carbocycles. The Morgan fingerprint density at radius 1 is 1.00 bits per heavy atom. The van der Waals surface area contributed by atoms with E-state index in [0.717, 1.165) is 16.5 Å². The summed E-state index contributed by atoms with van der Waals surface area (Å²) in [6, 6.07) is 15.7. The van der Waals surface area contributed by atoms with Gasteiger partial charge in [-0.2, -0.15) is 0 Å². The molecule has 3 aromatic rings. The van der Waals surface area contributed by atoms with Gasteiger partial charge in [-0.3, -0.25) is 0 Å². The van der Waals surface area contributed by atoms with Gasteiger partial charge in [0.1, 0.15) is 10.1 Å². The van der Waals surface area contributed by atoms with E-state index in [1.54, 1.807) is 6.07 Å². The zero-order valence-corrected chi connectivity index (χ0v) is 11.9. The third-order valence-corrected chi connectivity index (χ3v) is 3.82. The lowest BCUT2D eigenvalue weighted by atomic mass is 10.0. The largest absolute Gasteiger partial charge is 0.422 e. The molecular weight excluding hydrogens is 304 g/mol. The number of aryl methyl sites for hydroxylation is 1. The molecule has 0 radical (unpaired) electrons. The summed E-state index contributed by atoms with van der Waals surface area (Å²) in [6.45, 7) is 2.04. The van der Waals surface area contributed by atoms with Gasteiger partial charge in [0.05, 0.1) is 0 Å². The van der Waals surface area contributed by atoms with Crippen LogP contribution in [0.2, 0.25) is 0 Å². The molecule has 0 bridgehead atoms. The summed E-state index contributed by atoms with van der Waals surface area (Å²) in [7, 11) is 0. The van der Waals surface area contributed by atoms with Crippen LogP contribution in [0.1, 0.15) is 5.56 Å². The van der Waals surface area contributed by atoms with Crippen LogP contribution in [0.4, 0.5) is 0 Å². The Bertz CT molecular complexity index is 801. The minimum Gasteiger partial charge on any atom is -0.422 e. The van der Waals surface area contributed by atoms with Crippen LogP contribution >= 0.6 is 15.9 Å². The smallest absolute Gasteiger partial charge is 0.351 e. The summed E-state index contributed by atoms with van der Waals surface area (Å²) >= 11 is 3.35. The number of para-hydroxylation sites is 1. The lowest BCUT2D eigenvalue weighted by Crippen LogP contribution is -2.02. The fourth-order valence-corrected chi connectivity index (χ4v) is 2.65. The average Bonchev–Trinajstić information content (AvgIpc) is 2.42. The molecule has 0 aliphatic heterocycles. The molecule has 0 N–H and O–H groups in total. The van der Waals surface area contributed by atoms with Gasteiger partial charge >= 0.3 is 5.63 Å². The third-order valence-electron chi connectivity index (χ3n) is 3.10. The highest BCUT2D eigenvalue weighted by atomic mass is 79.9. The lowest BCUT2D eigenvalue weighted by molar-refractivity contribution is 0.557. The second-order valence-electron chi connectivity index (χ2n) is 4.44. The van der Waals surface area contributed by atoms with E-state index in [1.165, 1.54) is 5.56 Å². The summed E-state index contributed by atoms with van der Waals surface area (Å²) in [6.07, 6.45) is 0. The van der Waals surface area contributed by atoms with Crippen molar-refractivity contribution in [2.45, 2.75) is 6.92 Å². The highest BCUT2D eigenvalue weighted by Crippen LogP contribution is 2.33. The van der Waals surface area contributed by atoms with E-state index in [1.807, 2.05) is 49.4 Å². The Balaban J connectivity index is 2.42. The quantitative estimate of drug-likeness (QED) is 0.618. The van der Waals surface area contributed by atoms with Crippen molar-refractivity contribution in [3.8, 4) is 11.1 Å². The summed E-state index contributed by atoms with van der Waals surface area (Å²) in [5.41, 5.74) is 3.32. The predicted octanol–water partition coefficient (Wildman–Crippen LogP) is 4.53. The van der Waals surface area contributed by atoms with Crippen LogP contribution in [0.15, 0.2) is 62.2 Å². The number of halogens is 1. The molecule has 1 aromatic heterocycles. The molecule has 0 spiro atoms. The highest BCUT2D eigenvalue weighted by molar-refractivity contribution is 9.10. The minimum absolute atomic E-state index is 0.353. The van der Waals surface area contributed by atoms with Crippen molar-refractivity contribution < 1.29 is 4.42 Å². The van der Waals surface area contributed by atoms with Crippen LogP contribution in [-0.2, 0) is 0 Å². The van der Waals surface area contributed by atoms with Gasteiger partial charge in [-0.25, -0.2) is 4.79 Å². The maximum absolute atomic E-state index is 11.9. The summed E-state index contributed by atoms with van der Waals surface area (Å²) < 4.78 is 5.74. The van der Waals surface area contributed by atoms with Crippen molar-refractivity contribution in [1.29, 1.82) is 0 Å². The molecule has 3 heteroatoms. The molecule has 19 heavy (non-hydrogen) atoms. The second kappa shape index (κ2) is 4.67. The van der Waals surface area contributed by atoms with Gasteiger partial charge in [0.2, 0.25) is 0 Å². The van der Waals surface area contributed by atoms with E-state index in [2.05, 4.69) is 15.9 Å². The molecule has 2 nitrogen and oxygen atoms in total. The first kappa shape index (κ1) is 12.2. The van der Waals surface area contributed by atoms with Crippen molar-refractivity contribution >= 4 is 26.9 Å². The van der Waals surface area contributed by atoms with Crippen LogP contribution in [0.3, 0.4) is 0 Å². The van der Waals surface area contributed by atoms with E-state index >= 15 is 0 Å². The van der Waals surface area contributed by atoms with E-state index in [0.29, 0.717) is 10.1 Å². The van der Waals surface area contributed by atoms with Crippen molar-refractivity contribution in [2.24, 2.45) is 0 Å². The molecule has 94 valence electrons. The second-order valence-corrected chi connectivity index (χ2v) is 5.23. The van der Waals surface area contributed by atoms with Crippen LogP contribution < -0.4 is 5.63 Å². The Kier molecular flexibility index (Phi) is 2.99. The van der Waals surface area contributed by atoms with Gasteiger partial charge in [-0.05, 0) is 34.5 Å². The first-order valence-corrected chi connectivity index (χ1v) is 6.74. The van der Waals surface area contributed by atoms with Crippen LogP contribution in [0.5, 0.6) is 0 Å². The van der Waals surface area contributed by atoms with Crippen LogP contribution in [0, 0.1) is 6.92 Å². The fourth-order valence-electron chi connectivity index (χ4n) is 2.13. The van der Waals surface area contributed by atoms with Crippen LogP contribution in [-0.4, -0.2) is 0 Å². The maximum Gasteiger partial charge on any atom is 0.351 e. The van der Waals surface area contributed by atoms with Crippen LogP contribution in [0.25, 0.3) is 22.1 Å². The molecular formula is C16H11BrO2. The molecule has 0 atom stereocenters. The highest BCUT2D eigenvalue weighted by Gasteiger charge is 2.13. The number of hydrogen-bond acceptors (Lipinski definition) is 2. The maximum atomic E-state index is 11.9.